The predicted molar refractivity (Wildman–Crippen MR) is 47.3 cm³/mol. The van der Waals surface area contributed by atoms with Crippen molar-refractivity contribution in [3.63, 3.8) is 0 Å². The van der Waals surface area contributed by atoms with E-state index in [0.29, 0.717) is 0 Å². The van der Waals surface area contributed by atoms with Gasteiger partial charge in [-0.15, -0.1) is 0 Å². The zero-order valence-corrected chi connectivity index (χ0v) is 7.37. The summed E-state index contributed by atoms with van der Waals surface area (Å²) >= 11 is 0. The predicted octanol–water partition coefficient (Wildman–Crippen LogP) is 1.60. The van der Waals surface area contributed by atoms with Crippen LogP contribution in [0.5, 0.6) is 0 Å². The van der Waals surface area contributed by atoms with Gasteiger partial charge in [0.1, 0.15) is 0 Å². The number of hydrogen-bond acceptors (Lipinski definition) is 1. The number of amides is 1. The molecule has 0 N–H and O–H groups in total. The van der Waals surface area contributed by atoms with Gasteiger partial charge in [0.05, 0.1) is 0 Å². The molecule has 0 heterocycles. The first-order chi connectivity index (χ1) is 5.18. The van der Waals surface area contributed by atoms with E-state index < -0.39 is 0 Å². The standard InChI is InChI=1S/C9H15NO/c1-4-5-6-7-8-9(11)10(2)3/h4-5,7-8H,6H2,1-3H3/b5-4-,8-7+. The van der Waals surface area contributed by atoms with Gasteiger partial charge in [-0.1, -0.05) is 18.2 Å². The van der Waals surface area contributed by atoms with Crippen LogP contribution in [0.1, 0.15) is 13.3 Å². The molecule has 0 aromatic carbocycles. The average molecular weight is 153 g/mol. The Balaban J connectivity index is 3.66. The van der Waals surface area contributed by atoms with Gasteiger partial charge in [0.25, 0.3) is 0 Å². The van der Waals surface area contributed by atoms with Crippen LogP contribution in [-0.4, -0.2) is 24.9 Å². The summed E-state index contributed by atoms with van der Waals surface area (Å²) in [6.45, 7) is 1.96. The van der Waals surface area contributed by atoms with Crippen LogP contribution in [-0.2, 0) is 4.79 Å². The lowest BCUT2D eigenvalue weighted by Crippen LogP contribution is -2.18. The van der Waals surface area contributed by atoms with E-state index in [2.05, 4.69) is 0 Å². The third-order valence-corrected chi connectivity index (χ3v) is 1.21. The van der Waals surface area contributed by atoms with E-state index >= 15 is 0 Å². The van der Waals surface area contributed by atoms with Crippen molar-refractivity contribution in [3.05, 3.63) is 24.3 Å². The summed E-state index contributed by atoms with van der Waals surface area (Å²) in [4.78, 5) is 12.5. The quantitative estimate of drug-likeness (QED) is 0.445. The Labute approximate surface area is 68.2 Å². The van der Waals surface area contributed by atoms with Crippen LogP contribution in [0.15, 0.2) is 24.3 Å². The first kappa shape index (κ1) is 9.95. The fourth-order valence-electron chi connectivity index (χ4n) is 0.533. The highest BCUT2D eigenvalue weighted by Crippen LogP contribution is 1.87. The number of hydrogen-bond donors (Lipinski definition) is 0. The minimum Gasteiger partial charge on any atom is -0.345 e. The second kappa shape index (κ2) is 5.71. The maximum absolute atomic E-state index is 10.9. The molecule has 0 saturated carbocycles. The summed E-state index contributed by atoms with van der Waals surface area (Å²) in [6.07, 6.45) is 8.22. The molecule has 62 valence electrons. The lowest BCUT2D eigenvalue weighted by molar-refractivity contribution is -0.123. The molecule has 0 spiro atoms. The molecule has 0 atom stereocenters. The molecule has 0 fully saturated rings. The Morgan fingerprint density at radius 2 is 2.00 bits per heavy atom. The van der Waals surface area contributed by atoms with Crippen LogP contribution in [0.2, 0.25) is 0 Å². The number of allylic oxidation sites excluding steroid dienone is 3. The third-order valence-electron chi connectivity index (χ3n) is 1.21. The molecule has 0 aromatic heterocycles. The topological polar surface area (TPSA) is 20.3 Å². The van der Waals surface area contributed by atoms with Crippen molar-refractivity contribution in [1.82, 2.24) is 4.90 Å². The maximum atomic E-state index is 10.9. The minimum absolute atomic E-state index is 0.0366. The number of carbonyl (C=O) groups is 1. The van der Waals surface area contributed by atoms with Crippen LogP contribution in [0.25, 0.3) is 0 Å². The van der Waals surface area contributed by atoms with Crippen LogP contribution in [0.4, 0.5) is 0 Å². The van der Waals surface area contributed by atoms with E-state index in [1.54, 1.807) is 25.1 Å². The second-order valence-electron chi connectivity index (χ2n) is 2.44. The fraction of sp³-hybridized carbons (Fsp3) is 0.444. The smallest absolute Gasteiger partial charge is 0.245 e. The molecule has 0 radical (unpaired) electrons. The molecule has 0 bridgehead atoms. The second-order valence-corrected chi connectivity index (χ2v) is 2.44. The van der Waals surface area contributed by atoms with Crippen molar-refractivity contribution >= 4 is 5.91 Å². The van der Waals surface area contributed by atoms with Gasteiger partial charge in [0.15, 0.2) is 0 Å². The zero-order valence-electron chi connectivity index (χ0n) is 7.37. The Morgan fingerprint density at radius 1 is 1.36 bits per heavy atom. The van der Waals surface area contributed by atoms with Crippen molar-refractivity contribution < 1.29 is 4.79 Å². The Kier molecular flexibility index (Phi) is 5.17. The van der Waals surface area contributed by atoms with Gasteiger partial charge in [-0.3, -0.25) is 4.79 Å². The Hall–Kier alpha value is -1.05. The number of nitrogens with zero attached hydrogens (tertiary/aromatic N) is 1. The molecule has 1 amide bonds. The first-order valence-corrected chi connectivity index (χ1v) is 3.67. The lowest BCUT2D eigenvalue weighted by atomic mass is 10.3. The van der Waals surface area contributed by atoms with E-state index in [4.69, 9.17) is 0 Å². The van der Waals surface area contributed by atoms with Gasteiger partial charge in [-0.05, 0) is 19.4 Å². The molecule has 0 aliphatic heterocycles. The van der Waals surface area contributed by atoms with Gasteiger partial charge >= 0.3 is 0 Å². The van der Waals surface area contributed by atoms with E-state index in [-0.39, 0.29) is 5.91 Å². The fourth-order valence-corrected chi connectivity index (χ4v) is 0.533. The molecule has 0 aliphatic carbocycles. The molecule has 2 heteroatoms. The molecule has 0 aromatic rings. The molecule has 0 aliphatic rings. The summed E-state index contributed by atoms with van der Waals surface area (Å²) in [5, 5.41) is 0. The first-order valence-electron chi connectivity index (χ1n) is 3.67. The highest BCUT2D eigenvalue weighted by atomic mass is 16.2. The highest BCUT2D eigenvalue weighted by Gasteiger charge is 1.94. The summed E-state index contributed by atoms with van der Waals surface area (Å²) < 4.78 is 0. The van der Waals surface area contributed by atoms with Crippen LogP contribution in [0, 0.1) is 0 Å². The summed E-state index contributed by atoms with van der Waals surface area (Å²) in [5.74, 6) is 0.0366. The number of likely N-dealkylation sites (N-methyl/N-ethyl adjacent to an activating group) is 1. The molecule has 0 saturated heterocycles. The Morgan fingerprint density at radius 3 is 2.45 bits per heavy atom. The molecule has 2 nitrogen and oxygen atoms in total. The number of carbonyl (C=O) groups excluding carboxylic acids is 1. The van der Waals surface area contributed by atoms with Crippen LogP contribution < -0.4 is 0 Å². The van der Waals surface area contributed by atoms with Gasteiger partial charge in [0, 0.05) is 14.1 Å². The molecule has 0 rings (SSSR count). The monoisotopic (exact) mass is 153 g/mol. The number of rotatable bonds is 3. The molecular weight excluding hydrogens is 138 g/mol. The van der Waals surface area contributed by atoms with E-state index in [1.165, 1.54) is 0 Å². The summed E-state index contributed by atoms with van der Waals surface area (Å²) in [5.41, 5.74) is 0. The molecule has 0 unspecified atom stereocenters. The highest BCUT2D eigenvalue weighted by molar-refractivity contribution is 5.87. The maximum Gasteiger partial charge on any atom is 0.245 e. The van der Waals surface area contributed by atoms with Crippen molar-refractivity contribution in [2.24, 2.45) is 0 Å². The zero-order chi connectivity index (χ0) is 8.69. The SMILES string of the molecule is C/C=C\C/C=C/C(=O)N(C)C. The normalized spacial score (nSPS) is 11.2. The molecule has 11 heavy (non-hydrogen) atoms. The summed E-state index contributed by atoms with van der Waals surface area (Å²) in [6, 6.07) is 0. The minimum atomic E-state index is 0.0366. The third kappa shape index (κ3) is 5.40. The van der Waals surface area contributed by atoms with Gasteiger partial charge in [-0.25, -0.2) is 0 Å². The van der Waals surface area contributed by atoms with Gasteiger partial charge in [0.2, 0.25) is 5.91 Å². The average Bonchev–Trinajstić information content (AvgIpc) is 1.97. The lowest BCUT2D eigenvalue weighted by Gasteiger charge is -2.04. The van der Waals surface area contributed by atoms with E-state index in [9.17, 15) is 4.79 Å². The molecular formula is C9H15NO. The largest absolute Gasteiger partial charge is 0.345 e. The van der Waals surface area contributed by atoms with Crippen LogP contribution in [0.3, 0.4) is 0 Å². The van der Waals surface area contributed by atoms with E-state index in [0.717, 1.165) is 6.42 Å². The Bertz CT molecular complexity index is 168. The van der Waals surface area contributed by atoms with Crippen molar-refractivity contribution in [1.29, 1.82) is 0 Å². The van der Waals surface area contributed by atoms with Crippen molar-refractivity contribution in [2.45, 2.75) is 13.3 Å². The van der Waals surface area contributed by atoms with Crippen molar-refractivity contribution in [2.75, 3.05) is 14.1 Å². The van der Waals surface area contributed by atoms with Gasteiger partial charge < -0.3 is 4.90 Å². The van der Waals surface area contributed by atoms with E-state index in [1.807, 2.05) is 25.2 Å². The van der Waals surface area contributed by atoms with Gasteiger partial charge in [-0.2, -0.15) is 0 Å². The van der Waals surface area contributed by atoms with Crippen molar-refractivity contribution in [3.8, 4) is 0 Å². The summed E-state index contributed by atoms with van der Waals surface area (Å²) in [7, 11) is 3.48. The van der Waals surface area contributed by atoms with Crippen LogP contribution >= 0.6 is 0 Å².